The lowest BCUT2D eigenvalue weighted by atomic mass is 10.6. The molecule has 0 aromatic rings. The summed E-state index contributed by atoms with van der Waals surface area (Å²) in [6, 6.07) is 0. The van der Waals surface area contributed by atoms with Gasteiger partial charge >= 0.3 is 0 Å². The van der Waals surface area contributed by atoms with Crippen LogP contribution in [0.1, 0.15) is 13.8 Å². The van der Waals surface area contributed by atoms with Gasteiger partial charge < -0.3 is 4.55 Å². The Balaban J connectivity index is 4.99. The number of sulfonamides is 1. The maximum Gasteiger partial charge on any atom is 0.221 e. The molecule has 0 saturated carbocycles. The summed E-state index contributed by atoms with van der Waals surface area (Å²) < 4.78 is 42.4. The first kappa shape index (κ1) is 10.9. The molecule has 1 atom stereocenters. The van der Waals surface area contributed by atoms with Crippen LogP contribution in [0.2, 0.25) is 0 Å². The van der Waals surface area contributed by atoms with Crippen molar-refractivity contribution < 1.29 is 17.2 Å². The second kappa shape index (κ2) is 3.10. The Morgan fingerprint density at radius 1 is 1.27 bits per heavy atom. The zero-order valence-electron chi connectivity index (χ0n) is 6.49. The summed E-state index contributed by atoms with van der Waals surface area (Å²) in [6.07, 6.45) is 0.825. The molecule has 7 heteroatoms. The molecule has 0 amide bonds. The predicted molar refractivity (Wildman–Crippen MR) is 45.1 cm³/mol. The molecule has 0 spiro atoms. The van der Waals surface area contributed by atoms with Crippen LogP contribution < -0.4 is 4.13 Å². The average Bonchev–Trinajstić information content (AvgIpc) is 1.56. The molecule has 1 unspecified atom stereocenters. The summed E-state index contributed by atoms with van der Waals surface area (Å²) in [6.45, 7) is 2.75. The van der Waals surface area contributed by atoms with Crippen LogP contribution in [0.15, 0.2) is 0 Å². The summed E-state index contributed by atoms with van der Waals surface area (Å²) in [5.74, 6) is 0. The van der Waals surface area contributed by atoms with Gasteiger partial charge in [0.2, 0.25) is 10.0 Å². The molecule has 68 valence electrons. The molecule has 0 bridgehead atoms. The predicted octanol–water partition coefficient (Wildman–Crippen LogP) is -0.580. The maximum absolute atomic E-state index is 10.9. The summed E-state index contributed by atoms with van der Waals surface area (Å²) in [7, 11) is -7.15. The van der Waals surface area contributed by atoms with Gasteiger partial charge in [-0.3, -0.25) is 0 Å². The molecule has 0 saturated heterocycles. The highest BCUT2D eigenvalue weighted by molar-refractivity contribution is 8.07. The van der Waals surface area contributed by atoms with Gasteiger partial charge in [-0.2, -0.15) is 0 Å². The molecule has 0 aliphatic heterocycles. The molecule has 0 radical (unpaired) electrons. The van der Waals surface area contributed by atoms with E-state index in [-0.39, 0.29) is 4.86 Å². The van der Waals surface area contributed by atoms with Crippen molar-refractivity contribution in [2.45, 2.75) is 13.8 Å². The molecule has 0 aromatic heterocycles. The lowest BCUT2D eigenvalue weighted by molar-refractivity contribution is 0.550. The largest absolute Gasteiger partial charge is 0.302 e. The van der Waals surface area contributed by atoms with E-state index in [1.54, 1.807) is 4.13 Å². The number of nitrogens with one attached hydrogen (secondary N) is 1. The Kier molecular flexibility index (Phi) is 3.06. The van der Waals surface area contributed by atoms with Crippen LogP contribution in [-0.4, -0.2) is 28.3 Å². The number of hydrogen-bond acceptors (Lipinski definition) is 3. The highest BCUT2D eigenvalue weighted by Crippen LogP contribution is 1.87. The van der Waals surface area contributed by atoms with Crippen molar-refractivity contribution in [1.82, 2.24) is 4.13 Å². The van der Waals surface area contributed by atoms with E-state index in [0.29, 0.717) is 0 Å². The van der Waals surface area contributed by atoms with Crippen LogP contribution >= 0.6 is 0 Å². The standard InChI is InChI=1S/C4H11NO4S2/c1-4(2)11(8,9)5-10(3,6)7/h1-3H3,(H2,5,8,9). The van der Waals surface area contributed by atoms with E-state index in [2.05, 4.69) is 0 Å². The van der Waals surface area contributed by atoms with E-state index in [0.717, 1.165) is 6.26 Å². The SMILES string of the molecule is CC(C)=S(=O)(O)NS(C)(=O)=O. The van der Waals surface area contributed by atoms with Crippen LogP contribution in [0.4, 0.5) is 0 Å². The molecule has 11 heavy (non-hydrogen) atoms. The normalized spacial score (nSPS) is 17.5. The van der Waals surface area contributed by atoms with Crippen molar-refractivity contribution in [2.24, 2.45) is 0 Å². The summed E-state index contributed by atoms with van der Waals surface area (Å²) in [5.41, 5.74) is 0. The first-order chi connectivity index (χ1) is 4.65. The van der Waals surface area contributed by atoms with E-state index < -0.39 is 20.0 Å². The molecule has 0 aliphatic carbocycles. The van der Waals surface area contributed by atoms with Gasteiger partial charge in [-0.05, 0) is 13.8 Å². The second-order valence-electron chi connectivity index (χ2n) is 2.29. The third-order valence-corrected chi connectivity index (χ3v) is 4.04. The fourth-order valence-electron chi connectivity index (χ4n) is 0.289. The zero-order valence-corrected chi connectivity index (χ0v) is 8.12. The van der Waals surface area contributed by atoms with Gasteiger partial charge in [0.1, 0.15) is 0 Å². The highest BCUT2D eigenvalue weighted by atomic mass is 32.3. The molecule has 0 aromatic carbocycles. The Hall–Kier alpha value is -0.110. The van der Waals surface area contributed by atoms with Gasteiger partial charge in [-0.25, -0.2) is 12.6 Å². The molecule has 0 heterocycles. The van der Waals surface area contributed by atoms with Crippen molar-refractivity contribution in [3.05, 3.63) is 0 Å². The van der Waals surface area contributed by atoms with Crippen LogP contribution in [0.3, 0.4) is 0 Å². The monoisotopic (exact) mass is 201 g/mol. The minimum absolute atomic E-state index is 0.128. The quantitative estimate of drug-likeness (QED) is 0.585. The Morgan fingerprint density at radius 2 is 1.64 bits per heavy atom. The molecular formula is C4H11NO4S2. The smallest absolute Gasteiger partial charge is 0.221 e. The average molecular weight is 201 g/mol. The van der Waals surface area contributed by atoms with E-state index in [9.17, 15) is 12.6 Å². The van der Waals surface area contributed by atoms with Crippen LogP contribution in [0, 0.1) is 0 Å². The number of rotatable bonds is 2. The Bertz CT molecular complexity index is 342. The van der Waals surface area contributed by atoms with Crippen molar-refractivity contribution >= 4 is 24.9 Å². The number of hydrogen-bond donors (Lipinski definition) is 2. The van der Waals surface area contributed by atoms with Gasteiger partial charge in [-0.1, -0.05) is 0 Å². The topological polar surface area (TPSA) is 83.5 Å². The second-order valence-corrected chi connectivity index (χ2v) is 6.37. The summed E-state index contributed by atoms with van der Waals surface area (Å²) in [5, 5.41) is 0. The lowest BCUT2D eigenvalue weighted by Gasteiger charge is -2.04. The van der Waals surface area contributed by atoms with Crippen LogP contribution in [0.5, 0.6) is 0 Å². The fourth-order valence-corrected chi connectivity index (χ4v) is 2.60. The Morgan fingerprint density at radius 3 is 1.73 bits per heavy atom. The van der Waals surface area contributed by atoms with Gasteiger partial charge in [0.05, 0.1) is 6.26 Å². The lowest BCUT2D eigenvalue weighted by Crippen LogP contribution is -2.32. The van der Waals surface area contributed by atoms with Crippen molar-refractivity contribution in [3.8, 4) is 0 Å². The fraction of sp³-hybridized carbons (Fsp3) is 0.750. The van der Waals surface area contributed by atoms with E-state index in [1.807, 2.05) is 0 Å². The Labute approximate surface area is 66.8 Å². The van der Waals surface area contributed by atoms with Gasteiger partial charge in [-0.15, -0.1) is 4.13 Å². The molecule has 0 rings (SSSR count). The van der Waals surface area contributed by atoms with Gasteiger partial charge in [0, 0.05) is 4.86 Å². The molecule has 2 N–H and O–H groups in total. The molecule has 0 fully saturated rings. The molecule has 0 aliphatic rings. The van der Waals surface area contributed by atoms with E-state index in [1.165, 1.54) is 13.8 Å². The van der Waals surface area contributed by atoms with Crippen LogP contribution in [0.25, 0.3) is 0 Å². The highest BCUT2D eigenvalue weighted by Gasteiger charge is 2.10. The first-order valence-corrected chi connectivity index (χ1v) is 6.11. The van der Waals surface area contributed by atoms with Crippen LogP contribution in [-0.2, 0) is 20.0 Å². The van der Waals surface area contributed by atoms with E-state index in [4.69, 9.17) is 4.55 Å². The molecular weight excluding hydrogens is 190 g/mol. The van der Waals surface area contributed by atoms with Gasteiger partial charge in [0.25, 0.3) is 0 Å². The van der Waals surface area contributed by atoms with E-state index >= 15 is 0 Å². The third-order valence-electron chi connectivity index (χ3n) is 0.818. The third kappa shape index (κ3) is 4.35. The maximum atomic E-state index is 10.9. The van der Waals surface area contributed by atoms with Gasteiger partial charge in [0.15, 0.2) is 9.99 Å². The minimum Gasteiger partial charge on any atom is -0.302 e. The summed E-state index contributed by atoms with van der Waals surface area (Å²) in [4.78, 5) is 0.128. The zero-order chi connectivity index (χ0) is 9.28. The minimum atomic E-state index is -3.62. The van der Waals surface area contributed by atoms with Crippen molar-refractivity contribution in [3.63, 3.8) is 0 Å². The molecule has 5 nitrogen and oxygen atoms in total. The summed E-state index contributed by atoms with van der Waals surface area (Å²) >= 11 is 0. The van der Waals surface area contributed by atoms with Crippen molar-refractivity contribution in [1.29, 1.82) is 0 Å². The van der Waals surface area contributed by atoms with Crippen molar-refractivity contribution in [2.75, 3.05) is 6.26 Å². The first-order valence-electron chi connectivity index (χ1n) is 2.70.